The van der Waals surface area contributed by atoms with E-state index in [9.17, 15) is 14.7 Å². The minimum absolute atomic E-state index is 0.141. The fourth-order valence-electron chi connectivity index (χ4n) is 2.34. The number of rotatable bonds is 6. The quantitative estimate of drug-likeness (QED) is 0.576. The number of carbonyl (C=O) groups is 2. The van der Waals surface area contributed by atoms with Gasteiger partial charge in [-0.05, 0) is 25.0 Å². The standard InChI is InChI=1S/C13H23NO3S/c1-2-9-18-10-11(15)14-13(12(16)17)7-5-3-4-6-8-13/h2-10H2,1H3,(H,14,15)(H,16,17). The van der Waals surface area contributed by atoms with Crippen molar-refractivity contribution in [1.82, 2.24) is 5.32 Å². The molecule has 0 bridgehead atoms. The van der Waals surface area contributed by atoms with Gasteiger partial charge in [-0.1, -0.05) is 32.6 Å². The lowest BCUT2D eigenvalue weighted by Gasteiger charge is -2.29. The average Bonchev–Trinajstić information content (AvgIpc) is 2.56. The van der Waals surface area contributed by atoms with Crippen LogP contribution in [0.2, 0.25) is 0 Å². The first kappa shape index (κ1) is 15.3. The number of hydrogen-bond donors (Lipinski definition) is 2. The molecule has 0 aliphatic heterocycles. The predicted molar refractivity (Wildman–Crippen MR) is 73.8 cm³/mol. The van der Waals surface area contributed by atoms with Crippen LogP contribution in [0, 0.1) is 0 Å². The number of aliphatic carboxylic acids is 1. The van der Waals surface area contributed by atoms with E-state index in [2.05, 4.69) is 12.2 Å². The first-order chi connectivity index (χ1) is 8.60. The van der Waals surface area contributed by atoms with E-state index in [1.165, 1.54) is 0 Å². The van der Waals surface area contributed by atoms with E-state index in [1.54, 1.807) is 11.8 Å². The van der Waals surface area contributed by atoms with Crippen molar-refractivity contribution in [3.63, 3.8) is 0 Å². The molecule has 1 saturated carbocycles. The first-order valence-corrected chi connectivity index (χ1v) is 7.88. The van der Waals surface area contributed by atoms with Crippen LogP contribution >= 0.6 is 11.8 Å². The zero-order chi connectivity index (χ0) is 13.4. The molecular formula is C13H23NO3S. The topological polar surface area (TPSA) is 66.4 Å². The molecule has 0 aromatic carbocycles. The van der Waals surface area contributed by atoms with Crippen molar-refractivity contribution in [2.75, 3.05) is 11.5 Å². The van der Waals surface area contributed by atoms with Gasteiger partial charge in [-0.25, -0.2) is 4.79 Å². The summed E-state index contributed by atoms with van der Waals surface area (Å²) in [4.78, 5) is 23.3. The maximum atomic E-state index is 11.8. The number of amides is 1. The van der Waals surface area contributed by atoms with Gasteiger partial charge in [0.1, 0.15) is 5.54 Å². The second kappa shape index (κ2) is 7.67. The van der Waals surface area contributed by atoms with E-state index in [0.717, 1.165) is 37.9 Å². The Labute approximate surface area is 113 Å². The molecule has 5 heteroatoms. The lowest BCUT2D eigenvalue weighted by atomic mass is 9.90. The molecule has 0 saturated heterocycles. The van der Waals surface area contributed by atoms with Crippen molar-refractivity contribution in [3.8, 4) is 0 Å². The van der Waals surface area contributed by atoms with Crippen LogP contribution in [0.1, 0.15) is 51.9 Å². The van der Waals surface area contributed by atoms with E-state index in [-0.39, 0.29) is 5.91 Å². The van der Waals surface area contributed by atoms with Crippen molar-refractivity contribution in [3.05, 3.63) is 0 Å². The molecule has 2 N–H and O–H groups in total. The number of carboxylic acid groups (broad SMARTS) is 1. The molecule has 0 heterocycles. The van der Waals surface area contributed by atoms with E-state index in [4.69, 9.17) is 0 Å². The van der Waals surface area contributed by atoms with Crippen LogP contribution < -0.4 is 5.32 Å². The molecule has 0 aromatic heterocycles. The van der Waals surface area contributed by atoms with Gasteiger partial charge in [0.2, 0.25) is 5.91 Å². The highest BCUT2D eigenvalue weighted by Gasteiger charge is 2.39. The average molecular weight is 273 g/mol. The Morgan fingerprint density at radius 1 is 1.22 bits per heavy atom. The molecule has 18 heavy (non-hydrogen) atoms. The Morgan fingerprint density at radius 3 is 2.33 bits per heavy atom. The summed E-state index contributed by atoms with van der Waals surface area (Å²) in [6.07, 6.45) is 6.05. The molecule has 0 spiro atoms. The zero-order valence-corrected chi connectivity index (χ0v) is 11.9. The van der Waals surface area contributed by atoms with Gasteiger partial charge in [0, 0.05) is 0 Å². The normalized spacial score (nSPS) is 18.9. The lowest BCUT2D eigenvalue weighted by molar-refractivity contribution is -0.148. The van der Waals surface area contributed by atoms with E-state index in [1.807, 2.05) is 0 Å². The van der Waals surface area contributed by atoms with Crippen molar-refractivity contribution in [2.24, 2.45) is 0 Å². The fourth-order valence-corrected chi connectivity index (χ4v) is 3.03. The fraction of sp³-hybridized carbons (Fsp3) is 0.846. The Hall–Kier alpha value is -0.710. The summed E-state index contributed by atoms with van der Waals surface area (Å²) in [6.45, 7) is 2.06. The van der Waals surface area contributed by atoms with Crippen LogP contribution in [0.5, 0.6) is 0 Å². The molecule has 104 valence electrons. The molecular weight excluding hydrogens is 250 g/mol. The van der Waals surface area contributed by atoms with Crippen LogP contribution in [-0.2, 0) is 9.59 Å². The largest absolute Gasteiger partial charge is 0.480 e. The summed E-state index contributed by atoms with van der Waals surface area (Å²) < 4.78 is 0. The monoisotopic (exact) mass is 273 g/mol. The number of nitrogens with one attached hydrogen (secondary N) is 1. The first-order valence-electron chi connectivity index (χ1n) is 6.73. The van der Waals surface area contributed by atoms with Crippen molar-refractivity contribution in [2.45, 2.75) is 57.4 Å². The molecule has 1 rings (SSSR count). The summed E-state index contributed by atoms with van der Waals surface area (Å²) in [7, 11) is 0. The number of carboxylic acids is 1. The summed E-state index contributed by atoms with van der Waals surface area (Å²) in [5, 5.41) is 12.2. The van der Waals surface area contributed by atoms with Crippen LogP contribution in [0.25, 0.3) is 0 Å². The Bertz CT molecular complexity index is 286. The maximum absolute atomic E-state index is 11.8. The van der Waals surface area contributed by atoms with E-state index < -0.39 is 11.5 Å². The van der Waals surface area contributed by atoms with Crippen LogP contribution in [0.3, 0.4) is 0 Å². The van der Waals surface area contributed by atoms with Gasteiger partial charge in [-0.2, -0.15) is 11.8 Å². The third-order valence-electron chi connectivity index (χ3n) is 3.33. The molecule has 1 aliphatic carbocycles. The van der Waals surface area contributed by atoms with Crippen LogP contribution in [0.4, 0.5) is 0 Å². The molecule has 1 amide bonds. The van der Waals surface area contributed by atoms with Crippen LogP contribution in [-0.4, -0.2) is 34.0 Å². The van der Waals surface area contributed by atoms with Gasteiger partial charge in [0.05, 0.1) is 5.75 Å². The van der Waals surface area contributed by atoms with Crippen molar-refractivity contribution >= 4 is 23.6 Å². The highest BCUT2D eigenvalue weighted by atomic mass is 32.2. The minimum atomic E-state index is -1.01. The molecule has 4 nitrogen and oxygen atoms in total. The Balaban J connectivity index is 2.55. The molecule has 1 fully saturated rings. The molecule has 0 unspecified atom stereocenters. The van der Waals surface area contributed by atoms with E-state index >= 15 is 0 Å². The second-order valence-corrected chi connectivity index (χ2v) is 6.01. The van der Waals surface area contributed by atoms with E-state index in [0.29, 0.717) is 18.6 Å². The van der Waals surface area contributed by atoms with Gasteiger partial charge in [0.25, 0.3) is 0 Å². The highest BCUT2D eigenvalue weighted by Crippen LogP contribution is 2.27. The Morgan fingerprint density at radius 2 is 1.83 bits per heavy atom. The van der Waals surface area contributed by atoms with Crippen LogP contribution in [0.15, 0.2) is 0 Å². The molecule has 0 atom stereocenters. The maximum Gasteiger partial charge on any atom is 0.329 e. The third kappa shape index (κ3) is 4.52. The SMILES string of the molecule is CCCSCC(=O)NC1(C(=O)O)CCCCCC1. The lowest BCUT2D eigenvalue weighted by Crippen LogP contribution is -2.54. The predicted octanol–water partition coefficient (Wildman–Crippen LogP) is 2.42. The minimum Gasteiger partial charge on any atom is -0.480 e. The summed E-state index contributed by atoms with van der Waals surface area (Å²) >= 11 is 1.56. The van der Waals surface area contributed by atoms with Gasteiger partial charge in [0.15, 0.2) is 0 Å². The van der Waals surface area contributed by atoms with Crippen molar-refractivity contribution < 1.29 is 14.7 Å². The third-order valence-corrected chi connectivity index (χ3v) is 4.49. The van der Waals surface area contributed by atoms with Gasteiger partial charge < -0.3 is 10.4 Å². The zero-order valence-electron chi connectivity index (χ0n) is 11.0. The smallest absolute Gasteiger partial charge is 0.329 e. The molecule has 0 radical (unpaired) electrons. The number of hydrogen-bond acceptors (Lipinski definition) is 3. The molecule has 1 aliphatic rings. The number of thioether (sulfide) groups is 1. The van der Waals surface area contributed by atoms with Crippen molar-refractivity contribution in [1.29, 1.82) is 0 Å². The number of carbonyl (C=O) groups excluding carboxylic acids is 1. The van der Waals surface area contributed by atoms with Gasteiger partial charge in [-0.3, -0.25) is 4.79 Å². The van der Waals surface area contributed by atoms with Gasteiger partial charge >= 0.3 is 5.97 Å². The second-order valence-electron chi connectivity index (χ2n) is 4.90. The molecule has 0 aromatic rings. The summed E-state index contributed by atoms with van der Waals surface area (Å²) in [5.74, 6) is 0.284. The Kier molecular flexibility index (Phi) is 6.54. The van der Waals surface area contributed by atoms with Gasteiger partial charge in [-0.15, -0.1) is 0 Å². The highest BCUT2D eigenvalue weighted by molar-refractivity contribution is 7.99. The summed E-state index contributed by atoms with van der Waals surface area (Å²) in [5.41, 5.74) is -1.01. The summed E-state index contributed by atoms with van der Waals surface area (Å²) in [6, 6.07) is 0.